The van der Waals surface area contributed by atoms with E-state index in [0.29, 0.717) is 12.4 Å². The van der Waals surface area contributed by atoms with Crippen LogP contribution in [0.1, 0.15) is 11.3 Å². The lowest BCUT2D eigenvalue weighted by Gasteiger charge is -2.14. The summed E-state index contributed by atoms with van der Waals surface area (Å²) in [6, 6.07) is 10.6. The van der Waals surface area contributed by atoms with Gasteiger partial charge in [0.05, 0.1) is 23.5 Å². The number of anilines is 3. The van der Waals surface area contributed by atoms with Crippen LogP contribution in [0.2, 0.25) is 5.02 Å². The van der Waals surface area contributed by atoms with Gasteiger partial charge in [0.25, 0.3) is 0 Å². The van der Waals surface area contributed by atoms with E-state index in [9.17, 15) is 13.2 Å². The highest BCUT2D eigenvalue weighted by Crippen LogP contribution is 2.37. The summed E-state index contributed by atoms with van der Waals surface area (Å²) in [7, 11) is 0. The van der Waals surface area contributed by atoms with E-state index in [4.69, 9.17) is 11.6 Å². The quantitative estimate of drug-likeness (QED) is 0.660. The molecule has 2 N–H and O–H groups in total. The third kappa shape index (κ3) is 4.60. The molecule has 5 nitrogen and oxygen atoms in total. The monoisotopic (exact) mass is 379 g/mol. The van der Waals surface area contributed by atoms with Crippen LogP contribution in [0, 0.1) is 0 Å². The minimum Gasteiger partial charge on any atom is -0.364 e. The minimum atomic E-state index is -4.55. The van der Waals surface area contributed by atoms with E-state index in [1.165, 1.54) is 18.3 Å². The maximum Gasteiger partial charge on any atom is 0.418 e. The molecule has 3 aromatic rings. The number of rotatable bonds is 5. The van der Waals surface area contributed by atoms with Gasteiger partial charge in [-0.15, -0.1) is 0 Å². The molecule has 0 amide bonds. The minimum absolute atomic E-state index is 0.00503. The number of aromatic nitrogens is 3. The largest absolute Gasteiger partial charge is 0.418 e. The van der Waals surface area contributed by atoms with Crippen molar-refractivity contribution in [1.82, 2.24) is 15.0 Å². The first-order valence-corrected chi connectivity index (χ1v) is 7.90. The van der Waals surface area contributed by atoms with Crippen LogP contribution >= 0.6 is 11.6 Å². The van der Waals surface area contributed by atoms with Crippen molar-refractivity contribution >= 4 is 29.1 Å². The predicted octanol–water partition coefficient (Wildman–Crippen LogP) is 4.90. The van der Waals surface area contributed by atoms with Gasteiger partial charge in [0, 0.05) is 17.4 Å². The highest BCUT2D eigenvalue weighted by Gasteiger charge is 2.34. The highest BCUT2D eigenvalue weighted by atomic mass is 35.5. The van der Waals surface area contributed by atoms with Crippen LogP contribution in [-0.4, -0.2) is 15.0 Å². The molecule has 0 bridgehead atoms. The summed E-state index contributed by atoms with van der Waals surface area (Å²) in [5.41, 5.74) is -0.262. The topological polar surface area (TPSA) is 62.7 Å². The van der Waals surface area contributed by atoms with E-state index in [1.807, 2.05) is 12.1 Å². The van der Waals surface area contributed by atoms with Gasteiger partial charge in [-0.3, -0.25) is 4.98 Å². The van der Waals surface area contributed by atoms with Crippen molar-refractivity contribution in [2.75, 3.05) is 10.6 Å². The fourth-order valence-electron chi connectivity index (χ4n) is 2.18. The first-order valence-electron chi connectivity index (χ1n) is 7.52. The van der Waals surface area contributed by atoms with Crippen LogP contribution in [0.5, 0.6) is 0 Å². The Morgan fingerprint density at radius 1 is 1.00 bits per heavy atom. The SMILES string of the molecule is FC(F)(F)c1cc(Cl)ccc1Nc1nccc(NCc2ccccn2)n1. The van der Waals surface area contributed by atoms with Crippen LogP contribution in [0.4, 0.5) is 30.6 Å². The van der Waals surface area contributed by atoms with Crippen LogP contribution < -0.4 is 10.6 Å². The number of hydrogen-bond donors (Lipinski definition) is 2. The molecule has 0 aliphatic heterocycles. The maximum absolute atomic E-state index is 13.2. The van der Waals surface area contributed by atoms with E-state index in [1.54, 1.807) is 18.3 Å². The summed E-state index contributed by atoms with van der Waals surface area (Å²) in [6.45, 7) is 0.423. The number of alkyl halides is 3. The van der Waals surface area contributed by atoms with Crippen LogP contribution in [-0.2, 0) is 12.7 Å². The maximum atomic E-state index is 13.2. The molecule has 2 aromatic heterocycles. The van der Waals surface area contributed by atoms with Gasteiger partial charge in [-0.2, -0.15) is 18.2 Å². The zero-order valence-corrected chi connectivity index (χ0v) is 14.0. The van der Waals surface area contributed by atoms with Gasteiger partial charge >= 0.3 is 6.18 Å². The number of halogens is 4. The van der Waals surface area contributed by atoms with Crippen molar-refractivity contribution in [1.29, 1.82) is 0 Å². The third-order valence-corrected chi connectivity index (χ3v) is 3.60. The summed E-state index contributed by atoms with van der Waals surface area (Å²) < 4.78 is 39.5. The molecule has 0 saturated carbocycles. The Balaban J connectivity index is 1.77. The molecule has 26 heavy (non-hydrogen) atoms. The van der Waals surface area contributed by atoms with E-state index in [2.05, 4.69) is 25.6 Å². The van der Waals surface area contributed by atoms with Crippen molar-refractivity contribution in [3.63, 3.8) is 0 Å². The summed E-state index contributed by atoms with van der Waals surface area (Å²) >= 11 is 5.68. The van der Waals surface area contributed by atoms with Crippen molar-refractivity contribution in [3.05, 3.63) is 71.1 Å². The lowest BCUT2D eigenvalue weighted by atomic mass is 10.1. The molecule has 9 heteroatoms. The summed E-state index contributed by atoms with van der Waals surface area (Å²) in [5, 5.41) is 5.63. The van der Waals surface area contributed by atoms with Crippen molar-refractivity contribution in [2.24, 2.45) is 0 Å². The van der Waals surface area contributed by atoms with Gasteiger partial charge in [0.2, 0.25) is 5.95 Å². The molecule has 1 aromatic carbocycles. The van der Waals surface area contributed by atoms with E-state index >= 15 is 0 Å². The first-order chi connectivity index (χ1) is 12.4. The second-order valence-corrected chi connectivity index (χ2v) is 5.69. The molecular formula is C17H13ClF3N5. The third-order valence-electron chi connectivity index (χ3n) is 3.37. The van der Waals surface area contributed by atoms with Gasteiger partial charge < -0.3 is 10.6 Å². The number of pyridine rings is 1. The standard InChI is InChI=1S/C17H13ClF3N5/c18-11-4-5-14(13(9-11)17(19,20)21)25-16-23-8-6-15(26-16)24-10-12-3-1-2-7-22-12/h1-9H,10H2,(H2,23,24,25,26). The summed E-state index contributed by atoms with van der Waals surface area (Å²) in [5.74, 6) is 0.486. The Hall–Kier alpha value is -2.87. The Morgan fingerprint density at radius 3 is 2.58 bits per heavy atom. The second kappa shape index (κ2) is 7.57. The Bertz CT molecular complexity index is 887. The molecule has 0 aliphatic rings. The summed E-state index contributed by atoms with van der Waals surface area (Å²) in [4.78, 5) is 12.3. The van der Waals surface area contributed by atoms with Crippen LogP contribution in [0.15, 0.2) is 54.9 Å². The number of nitrogens with zero attached hydrogens (tertiary/aromatic N) is 3. The summed E-state index contributed by atoms with van der Waals surface area (Å²) in [6.07, 6.45) is -1.44. The van der Waals surface area contributed by atoms with Gasteiger partial charge in [-0.25, -0.2) is 4.98 Å². The number of benzene rings is 1. The average molecular weight is 380 g/mol. The average Bonchev–Trinajstić information content (AvgIpc) is 2.62. The lowest BCUT2D eigenvalue weighted by Crippen LogP contribution is -2.10. The fraction of sp³-hybridized carbons (Fsp3) is 0.118. The Morgan fingerprint density at radius 2 is 1.85 bits per heavy atom. The molecule has 0 radical (unpaired) electrons. The fourth-order valence-corrected chi connectivity index (χ4v) is 2.35. The van der Waals surface area contributed by atoms with Gasteiger partial charge in [-0.05, 0) is 36.4 Å². The Labute approximate surface area is 152 Å². The van der Waals surface area contributed by atoms with Crippen LogP contribution in [0.25, 0.3) is 0 Å². The molecule has 0 spiro atoms. The van der Waals surface area contributed by atoms with Crippen molar-refractivity contribution in [3.8, 4) is 0 Å². The van der Waals surface area contributed by atoms with Gasteiger partial charge in [0.15, 0.2) is 0 Å². The molecule has 2 heterocycles. The van der Waals surface area contributed by atoms with E-state index < -0.39 is 11.7 Å². The lowest BCUT2D eigenvalue weighted by molar-refractivity contribution is -0.136. The van der Waals surface area contributed by atoms with E-state index in [-0.39, 0.29) is 16.7 Å². The second-order valence-electron chi connectivity index (χ2n) is 5.25. The van der Waals surface area contributed by atoms with Crippen LogP contribution in [0.3, 0.4) is 0 Å². The molecule has 0 atom stereocenters. The Kier molecular flexibility index (Phi) is 5.22. The molecule has 0 fully saturated rings. The normalized spacial score (nSPS) is 11.2. The number of nitrogens with one attached hydrogen (secondary N) is 2. The van der Waals surface area contributed by atoms with Gasteiger partial charge in [0.1, 0.15) is 5.82 Å². The molecular weight excluding hydrogens is 367 g/mol. The molecule has 0 unspecified atom stereocenters. The van der Waals surface area contributed by atoms with Crippen molar-refractivity contribution in [2.45, 2.75) is 12.7 Å². The molecule has 134 valence electrons. The number of hydrogen-bond acceptors (Lipinski definition) is 5. The van der Waals surface area contributed by atoms with Gasteiger partial charge in [-0.1, -0.05) is 17.7 Å². The predicted molar refractivity (Wildman–Crippen MR) is 93.3 cm³/mol. The zero-order chi connectivity index (χ0) is 18.6. The zero-order valence-electron chi connectivity index (χ0n) is 13.3. The smallest absolute Gasteiger partial charge is 0.364 e. The van der Waals surface area contributed by atoms with Crippen molar-refractivity contribution < 1.29 is 13.2 Å². The molecule has 0 aliphatic carbocycles. The molecule has 0 saturated heterocycles. The first kappa shape index (κ1) is 17.9. The molecule has 3 rings (SSSR count). The van der Waals surface area contributed by atoms with E-state index in [0.717, 1.165) is 11.8 Å². The highest BCUT2D eigenvalue weighted by molar-refractivity contribution is 6.30.